The van der Waals surface area contributed by atoms with E-state index in [4.69, 9.17) is 14.1 Å². The monoisotopic (exact) mass is 341 g/mol. The number of nitrogens with zero attached hydrogens (tertiary/aromatic N) is 1. The Balaban J connectivity index is 2.01. The molecule has 0 spiro atoms. The van der Waals surface area contributed by atoms with E-state index in [-0.39, 0.29) is 5.78 Å². The maximum absolute atomic E-state index is 12.5. The second-order valence-electron chi connectivity index (χ2n) is 8.01. The molecule has 0 radical (unpaired) electrons. The molecule has 25 heavy (non-hydrogen) atoms. The third-order valence-electron chi connectivity index (χ3n) is 5.21. The number of ketones is 1. The number of carbonyl (C=O) groups excluding carboxylic acids is 1. The van der Waals surface area contributed by atoms with E-state index >= 15 is 0 Å². The summed E-state index contributed by atoms with van der Waals surface area (Å²) >= 11 is 0. The maximum Gasteiger partial charge on any atom is 0.495 e. The molecule has 3 rings (SSSR count). The summed E-state index contributed by atoms with van der Waals surface area (Å²) < 4.78 is 12.3. The Morgan fingerprint density at radius 2 is 1.68 bits per heavy atom. The van der Waals surface area contributed by atoms with Crippen LogP contribution in [0.4, 0.5) is 0 Å². The van der Waals surface area contributed by atoms with Gasteiger partial charge in [-0.3, -0.25) is 4.79 Å². The summed E-state index contributed by atoms with van der Waals surface area (Å²) in [5, 5.41) is 3.98. The Bertz CT molecular complexity index is 764. The van der Waals surface area contributed by atoms with Gasteiger partial charge in [-0.2, -0.15) is 0 Å². The van der Waals surface area contributed by atoms with Gasteiger partial charge in [0.2, 0.25) is 5.78 Å². The van der Waals surface area contributed by atoms with Crippen molar-refractivity contribution in [3.63, 3.8) is 0 Å². The first-order valence-electron chi connectivity index (χ1n) is 8.42. The fraction of sp³-hybridized carbons (Fsp3) is 0.474. The minimum absolute atomic E-state index is 0.140. The van der Waals surface area contributed by atoms with Gasteiger partial charge in [0.1, 0.15) is 0 Å². The van der Waals surface area contributed by atoms with Gasteiger partial charge in [-0.1, -0.05) is 36.0 Å². The van der Waals surface area contributed by atoms with E-state index < -0.39 is 23.9 Å². The van der Waals surface area contributed by atoms with Crippen molar-refractivity contribution in [3.8, 4) is 0 Å². The van der Waals surface area contributed by atoms with Gasteiger partial charge in [0, 0.05) is 5.56 Å². The first-order valence-corrected chi connectivity index (χ1v) is 8.42. The van der Waals surface area contributed by atoms with Crippen LogP contribution in [0.15, 0.2) is 29.9 Å². The lowest BCUT2D eigenvalue weighted by atomic mass is 9.74. The molecule has 2 aliphatic heterocycles. The Kier molecular flexibility index (Phi) is 3.97. The van der Waals surface area contributed by atoms with Gasteiger partial charge >= 0.3 is 7.12 Å². The molecule has 5 nitrogen and oxygen atoms in total. The van der Waals surface area contributed by atoms with E-state index in [1.807, 2.05) is 45.9 Å². The molecule has 0 saturated carbocycles. The van der Waals surface area contributed by atoms with Gasteiger partial charge in [-0.25, -0.2) is 0 Å². The molecule has 1 aromatic rings. The molecule has 1 saturated heterocycles. The van der Waals surface area contributed by atoms with Gasteiger partial charge in [0.25, 0.3) is 0 Å². The van der Waals surface area contributed by atoms with Crippen molar-refractivity contribution >= 4 is 30.2 Å². The molecule has 0 atom stereocenters. The van der Waals surface area contributed by atoms with Crippen LogP contribution in [0.2, 0.25) is 0 Å². The summed E-state index contributed by atoms with van der Waals surface area (Å²) in [5.41, 5.74) is 0.899. The molecule has 132 valence electrons. The first kappa shape index (κ1) is 17.9. The van der Waals surface area contributed by atoms with Crippen molar-refractivity contribution in [2.24, 2.45) is 5.16 Å². The number of carbonyl (C=O) groups is 1. The predicted octanol–water partition coefficient (Wildman–Crippen LogP) is 2.71. The minimum Gasteiger partial charge on any atom is -0.399 e. The van der Waals surface area contributed by atoms with Crippen molar-refractivity contribution < 1.29 is 18.9 Å². The van der Waals surface area contributed by atoms with Crippen molar-refractivity contribution in [1.82, 2.24) is 0 Å². The first-order chi connectivity index (χ1) is 11.5. The third kappa shape index (κ3) is 2.83. The van der Waals surface area contributed by atoms with Crippen LogP contribution >= 0.6 is 0 Å². The Hall–Kier alpha value is -1.92. The zero-order valence-electron chi connectivity index (χ0n) is 15.7. The number of hydrogen-bond acceptors (Lipinski definition) is 5. The molecule has 0 aliphatic carbocycles. The van der Waals surface area contributed by atoms with Gasteiger partial charge < -0.3 is 14.1 Å². The molecule has 0 amide bonds. The van der Waals surface area contributed by atoms with Crippen molar-refractivity contribution in [3.05, 3.63) is 35.9 Å². The summed E-state index contributed by atoms with van der Waals surface area (Å²) in [6, 6.07) is 5.61. The molecular weight excluding hydrogens is 317 g/mol. The van der Waals surface area contributed by atoms with E-state index in [0.29, 0.717) is 11.3 Å². The van der Waals surface area contributed by atoms with E-state index in [9.17, 15) is 4.79 Å². The summed E-state index contributed by atoms with van der Waals surface area (Å²) in [4.78, 5) is 17.7. The molecule has 0 unspecified atom stereocenters. The average Bonchev–Trinajstić information content (AvgIpc) is 2.91. The van der Waals surface area contributed by atoms with E-state index in [0.717, 1.165) is 11.0 Å². The van der Waals surface area contributed by atoms with Crippen molar-refractivity contribution in [1.29, 1.82) is 0 Å². The van der Waals surface area contributed by atoms with Crippen LogP contribution in [0.3, 0.4) is 0 Å². The van der Waals surface area contributed by atoms with Gasteiger partial charge in [-0.05, 0) is 52.6 Å². The predicted molar refractivity (Wildman–Crippen MR) is 99.0 cm³/mol. The SMILES string of the molecule is C=Cc1ccc(C2=NOC(C)(C)C2=O)cc1B1OC(C)(C)C(C)(C)O1. The minimum atomic E-state index is -0.934. The smallest absolute Gasteiger partial charge is 0.399 e. The topological polar surface area (TPSA) is 57.1 Å². The van der Waals surface area contributed by atoms with Crippen LogP contribution in [-0.4, -0.2) is 35.4 Å². The molecule has 1 aromatic carbocycles. The highest BCUT2D eigenvalue weighted by Crippen LogP contribution is 2.37. The van der Waals surface area contributed by atoms with Crippen molar-refractivity contribution in [2.75, 3.05) is 0 Å². The molecule has 0 bridgehead atoms. The molecule has 0 N–H and O–H groups in total. The van der Waals surface area contributed by atoms with Crippen LogP contribution in [0.5, 0.6) is 0 Å². The average molecular weight is 341 g/mol. The number of hydrogen-bond donors (Lipinski definition) is 0. The van der Waals surface area contributed by atoms with Gasteiger partial charge in [0.15, 0.2) is 11.3 Å². The summed E-state index contributed by atoms with van der Waals surface area (Å²) in [7, 11) is -0.538. The maximum atomic E-state index is 12.5. The highest BCUT2D eigenvalue weighted by atomic mass is 16.7. The quantitative estimate of drug-likeness (QED) is 0.794. The fourth-order valence-corrected chi connectivity index (χ4v) is 2.79. The van der Waals surface area contributed by atoms with Crippen LogP contribution in [0.1, 0.15) is 52.7 Å². The lowest BCUT2D eigenvalue weighted by Gasteiger charge is -2.32. The molecule has 2 heterocycles. The Morgan fingerprint density at radius 3 is 2.16 bits per heavy atom. The standard InChI is InChI=1S/C19H24BNO4/c1-8-12-9-10-13(15-16(22)17(2,3)25-21-15)11-14(12)20-23-18(4,5)19(6,7)24-20/h8-11H,1H2,2-7H3. The summed E-state index contributed by atoms with van der Waals surface area (Å²) in [6.45, 7) is 15.3. The van der Waals surface area contributed by atoms with E-state index in [1.54, 1.807) is 19.9 Å². The second-order valence-corrected chi connectivity index (χ2v) is 8.01. The van der Waals surface area contributed by atoms with Crippen LogP contribution < -0.4 is 5.46 Å². The van der Waals surface area contributed by atoms with E-state index in [2.05, 4.69) is 11.7 Å². The highest BCUT2D eigenvalue weighted by Gasteiger charge is 2.52. The molecule has 2 aliphatic rings. The number of oxime groups is 1. The normalized spacial score (nSPS) is 23.4. The zero-order chi connectivity index (χ0) is 18.6. The number of benzene rings is 1. The lowest BCUT2D eigenvalue weighted by Crippen LogP contribution is -2.41. The molecular formula is C19H24BNO4. The lowest BCUT2D eigenvalue weighted by molar-refractivity contribution is -0.128. The molecule has 0 aromatic heterocycles. The molecule has 1 fully saturated rings. The summed E-state index contributed by atoms with van der Waals surface area (Å²) in [6.07, 6.45) is 1.75. The fourth-order valence-electron chi connectivity index (χ4n) is 2.79. The van der Waals surface area contributed by atoms with Gasteiger partial charge in [-0.15, -0.1) is 0 Å². The Labute approximate surface area is 149 Å². The number of Topliss-reactive ketones (excluding diaryl/α,β-unsaturated/α-hetero) is 1. The van der Waals surface area contributed by atoms with Crippen LogP contribution in [-0.2, 0) is 18.9 Å². The Morgan fingerprint density at radius 1 is 1.08 bits per heavy atom. The number of rotatable bonds is 3. The van der Waals surface area contributed by atoms with Crippen molar-refractivity contribution in [2.45, 2.75) is 58.3 Å². The molecule has 6 heteroatoms. The van der Waals surface area contributed by atoms with Gasteiger partial charge in [0.05, 0.1) is 11.2 Å². The zero-order valence-corrected chi connectivity index (χ0v) is 15.7. The summed E-state index contributed by atoms with van der Waals surface area (Å²) in [5.74, 6) is -0.140. The van der Waals surface area contributed by atoms with E-state index in [1.165, 1.54) is 0 Å². The van der Waals surface area contributed by atoms with Crippen LogP contribution in [0, 0.1) is 0 Å². The van der Waals surface area contributed by atoms with Crippen LogP contribution in [0.25, 0.3) is 6.08 Å². The third-order valence-corrected chi connectivity index (χ3v) is 5.21. The second kappa shape index (κ2) is 5.54. The highest BCUT2D eigenvalue weighted by molar-refractivity contribution is 6.63. The largest absolute Gasteiger partial charge is 0.495 e.